The van der Waals surface area contributed by atoms with Gasteiger partial charge in [-0.15, -0.1) is 0 Å². The van der Waals surface area contributed by atoms with Crippen LogP contribution in [-0.4, -0.2) is 35.8 Å². The van der Waals surface area contributed by atoms with Gasteiger partial charge in [-0.2, -0.15) is 0 Å². The number of aliphatic hydroxyl groups is 1. The maximum Gasteiger partial charge on any atom is 0.124 e. The second-order valence-electron chi connectivity index (χ2n) is 7.78. The Hall–Kier alpha value is -1.58. The van der Waals surface area contributed by atoms with E-state index in [1.54, 1.807) is 0 Å². The Kier molecular flexibility index (Phi) is 4.70. The van der Waals surface area contributed by atoms with Crippen LogP contribution in [0.2, 0.25) is 0 Å². The highest BCUT2D eigenvalue weighted by molar-refractivity contribution is 5.87. The highest BCUT2D eigenvalue weighted by atomic mass is 16.5. The standard InChI is InChI=1S/C22H29NO2/c1-2-25-20-11-10-17-7-3-4-8-18(17)19(20)15-23-14-6-13-22(16-23)12-5-9-21(22)24/h3-4,7-8,10-11,21,24H,2,5-6,9,12-16H2,1H3/t21-,22+/m1/s1. The Morgan fingerprint density at radius 1 is 1.16 bits per heavy atom. The first-order valence-electron chi connectivity index (χ1n) is 9.76. The molecular formula is C22H29NO2. The number of hydrogen-bond acceptors (Lipinski definition) is 3. The fourth-order valence-electron chi connectivity index (χ4n) is 4.98. The summed E-state index contributed by atoms with van der Waals surface area (Å²) in [6, 6.07) is 12.9. The SMILES string of the molecule is CCOc1ccc2ccccc2c1CN1CCC[C@@]2(CCC[C@H]2O)C1. The molecule has 2 atom stereocenters. The lowest BCUT2D eigenvalue weighted by atomic mass is 9.76. The minimum atomic E-state index is -0.117. The summed E-state index contributed by atoms with van der Waals surface area (Å²) < 4.78 is 5.95. The summed E-state index contributed by atoms with van der Waals surface area (Å²) in [7, 11) is 0. The van der Waals surface area contributed by atoms with Crippen molar-refractivity contribution in [2.45, 2.75) is 51.7 Å². The van der Waals surface area contributed by atoms with Gasteiger partial charge in [-0.3, -0.25) is 4.90 Å². The summed E-state index contributed by atoms with van der Waals surface area (Å²) in [5.41, 5.74) is 1.43. The molecule has 1 saturated carbocycles. The van der Waals surface area contributed by atoms with E-state index in [4.69, 9.17) is 4.74 Å². The van der Waals surface area contributed by atoms with E-state index in [1.165, 1.54) is 42.0 Å². The zero-order valence-corrected chi connectivity index (χ0v) is 15.2. The molecule has 2 aromatic carbocycles. The molecule has 0 bridgehead atoms. The molecule has 2 fully saturated rings. The molecule has 1 aliphatic heterocycles. The van der Waals surface area contributed by atoms with Gasteiger partial charge in [0.2, 0.25) is 0 Å². The molecule has 4 rings (SSSR count). The highest BCUT2D eigenvalue weighted by Crippen LogP contribution is 2.45. The average Bonchev–Trinajstić information content (AvgIpc) is 2.97. The monoisotopic (exact) mass is 339 g/mol. The van der Waals surface area contributed by atoms with E-state index in [9.17, 15) is 5.11 Å². The van der Waals surface area contributed by atoms with Crippen LogP contribution in [0.1, 0.15) is 44.6 Å². The number of benzene rings is 2. The number of ether oxygens (including phenoxy) is 1. The Balaban J connectivity index is 1.64. The largest absolute Gasteiger partial charge is 0.494 e. The number of aliphatic hydroxyl groups excluding tert-OH is 1. The Bertz CT molecular complexity index is 744. The molecule has 0 amide bonds. The molecule has 0 unspecified atom stereocenters. The molecule has 2 aliphatic rings. The van der Waals surface area contributed by atoms with Crippen LogP contribution in [-0.2, 0) is 6.54 Å². The van der Waals surface area contributed by atoms with E-state index in [-0.39, 0.29) is 11.5 Å². The third kappa shape index (κ3) is 3.16. The molecule has 3 nitrogen and oxygen atoms in total. The van der Waals surface area contributed by atoms with Crippen molar-refractivity contribution in [1.82, 2.24) is 4.90 Å². The quantitative estimate of drug-likeness (QED) is 0.898. The van der Waals surface area contributed by atoms with Gasteiger partial charge in [-0.1, -0.05) is 36.8 Å². The number of hydrogen-bond donors (Lipinski definition) is 1. The molecule has 3 heteroatoms. The highest BCUT2D eigenvalue weighted by Gasteiger charge is 2.44. The molecule has 1 spiro atoms. The Morgan fingerprint density at radius 2 is 2.00 bits per heavy atom. The first-order chi connectivity index (χ1) is 12.2. The molecule has 1 heterocycles. The predicted molar refractivity (Wildman–Crippen MR) is 102 cm³/mol. The normalized spacial score (nSPS) is 27.2. The van der Waals surface area contributed by atoms with Crippen molar-refractivity contribution in [3.8, 4) is 5.75 Å². The van der Waals surface area contributed by atoms with Gasteiger partial charge in [0, 0.05) is 24.1 Å². The zero-order valence-electron chi connectivity index (χ0n) is 15.2. The van der Waals surface area contributed by atoms with Crippen LogP contribution in [0.5, 0.6) is 5.75 Å². The van der Waals surface area contributed by atoms with E-state index in [1.807, 2.05) is 6.92 Å². The fourth-order valence-corrected chi connectivity index (χ4v) is 4.98. The molecule has 2 aromatic rings. The van der Waals surface area contributed by atoms with Gasteiger partial charge in [0.15, 0.2) is 0 Å². The first kappa shape index (κ1) is 16.9. The molecular weight excluding hydrogens is 310 g/mol. The molecule has 1 saturated heterocycles. The van der Waals surface area contributed by atoms with Crippen molar-refractivity contribution in [3.63, 3.8) is 0 Å². The van der Waals surface area contributed by atoms with Crippen LogP contribution in [0.15, 0.2) is 36.4 Å². The van der Waals surface area contributed by atoms with Crippen molar-refractivity contribution < 1.29 is 9.84 Å². The summed E-state index contributed by atoms with van der Waals surface area (Å²) in [6.07, 6.45) is 5.58. The van der Waals surface area contributed by atoms with Crippen molar-refractivity contribution >= 4 is 10.8 Å². The fraction of sp³-hybridized carbons (Fsp3) is 0.545. The van der Waals surface area contributed by atoms with Crippen LogP contribution in [0, 0.1) is 5.41 Å². The minimum absolute atomic E-state index is 0.117. The van der Waals surface area contributed by atoms with Gasteiger partial charge in [-0.25, -0.2) is 0 Å². The third-order valence-corrected chi connectivity index (χ3v) is 6.23. The Morgan fingerprint density at radius 3 is 2.80 bits per heavy atom. The van der Waals surface area contributed by atoms with E-state index in [0.717, 1.165) is 31.8 Å². The second kappa shape index (κ2) is 6.97. The van der Waals surface area contributed by atoms with E-state index in [0.29, 0.717) is 6.61 Å². The van der Waals surface area contributed by atoms with Gasteiger partial charge in [0.25, 0.3) is 0 Å². The van der Waals surface area contributed by atoms with Crippen LogP contribution in [0.25, 0.3) is 10.8 Å². The molecule has 0 aromatic heterocycles. The van der Waals surface area contributed by atoms with Crippen LogP contribution in [0.4, 0.5) is 0 Å². The number of likely N-dealkylation sites (tertiary alicyclic amines) is 1. The van der Waals surface area contributed by atoms with Gasteiger partial charge >= 0.3 is 0 Å². The number of rotatable bonds is 4. The van der Waals surface area contributed by atoms with Crippen molar-refractivity contribution in [1.29, 1.82) is 0 Å². The summed E-state index contributed by atoms with van der Waals surface area (Å²) >= 11 is 0. The molecule has 0 radical (unpaired) electrons. The van der Waals surface area contributed by atoms with Gasteiger partial charge in [0.05, 0.1) is 12.7 Å². The minimum Gasteiger partial charge on any atom is -0.494 e. The summed E-state index contributed by atoms with van der Waals surface area (Å²) in [5, 5.41) is 13.1. The van der Waals surface area contributed by atoms with Gasteiger partial charge < -0.3 is 9.84 Å². The maximum atomic E-state index is 10.5. The molecule has 1 aliphatic carbocycles. The van der Waals surface area contributed by atoms with Crippen molar-refractivity contribution in [3.05, 3.63) is 42.0 Å². The third-order valence-electron chi connectivity index (χ3n) is 6.23. The van der Waals surface area contributed by atoms with Crippen molar-refractivity contribution in [2.24, 2.45) is 5.41 Å². The second-order valence-corrected chi connectivity index (χ2v) is 7.78. The van der Waals surface area contributed by atoms with E-state index >= 15 is 0 Å². The lowest BCUT2D eigenvalue weighted by molar-refractivity contribution is -0.0120. The molecule has 25 heavy (non-hydrogen) atoms. The van der Waals surface area contributed by atoms with Gasteiger partial charge in [0.1, 0.15) is 5.75 Å². The summed E-state index contributed by atoms with van der Waals surface area (Å²) in [5.74, 6) is 1.01. The predicted octanol–water partition coefficient (Wildman–Crippen LogP) is 4.37. The number of piperidine rings is 1. The lowest BCUT2D eigenvalue weighted by Gasteiger charge is -2.42. The molecule has 1 N–H and O–H groups in total. The van der Waals surface area contributed by atoms with E-state index < -0.39 is 0 Å². The van der Waals surface area contributed by atoms with Crippen molar-refractivity contribution in [2.75, 3.05) is 19.7 Å². The first-order valence-corrected chi connectivity index (χ1v) is 9.76. The topological polar surface area (TPSA) is 32.7 Å². The van der Waals surface area contributed by atoms with Crippen LogP contribution < -0.4 is 4.74 Å². The van der Waals surface area contributed by atoms with Crippen LogP contribution >= 0.6 is 0 Å². The van der Waals surface area contributed by atoms with E-state index in [2.05, 4.69) is 41.3 Å². The smallest absolute Gasteiger partial charge is 0.124 e. The Labute approximate surface area is 150 Å². The number of nitrogens with zero attached hydrogens (tertiary/aromatic N) is 1. The lowest BCUT2D eigenvalue weighted by Crippen LogP contribution is -2.46. The van der Waals surface area contributed by atoms with Crippen LogP contribution in [0.3, 0.4) is 0 Å². The number of fused-ring (bicyclic) bond motifs is 1. The maximum absolute atomic E-state index is 10.5. The molecule has 134 valence electrons. The average molecular weight is 339 g/mol. The summed E-state index contributed by atoms with van der Waals surface area (Å²) in [6.45, 7) is 5.77. The summed E-state index contributed by atoms with van der Waals surface area (Å²) in [4.78, 5) is 2.54. The van der Waals surface area contributed by atoms with Gasteiger partial charge in [-0.05, 0) is 56.0 Å². The zero-order chi connectivity index (χ0) is 17.3.